The molecule has 0 spiro atoms. The first-order valence-electron chi connectivity index (χ1n) is 9.83. The van der Waals surface area contributed by atoms with Crippen LogP contribution in [0.25, 0.3) is 5.69 Å². The Labute approximate surface area is 180 Å². The van der Waals surface area contributed by atoms with Gasteiger partial charge in [-0.15, -0.1) is 0 Å². The molecule has 2 aromatic heterocycles. The molecule has 7 heteroatoms. The normalized spacial score (nSPS) is 10.7. The van der Waals surface area contributed by atoms with E-state index in [1.807, 2.05) is 73.1 Å². The Bertz CT molecular complexity index is 1210. The number of anilines is 1. The van der Waals surface area contributed by atoms with Crippen LogP contribution in [-0.4, -0.2) is 22.8 Å². The molecule has 31 heavy (non-hydrogen) atoms. The molecular formula is C24H23N3O4. The molecule has 158 valence electrons. The number of aromatic nitrogens is 2. The van der Waals surface area contributed by atoms with Crippen LogP contribution in [0.15, 0.2) is 71.1 Å². The van der Waals surface area contributed by atoms with Gasteiger partial charge in [-0.05, 0) is 62.4 Å². The van der Waals surface area contributed by atoms with Crippen molar-refractivity contribution in [3.05, 3.63) is 89.6 Å². The maximum absolute atomic E-state index is 12.6. The van der Waals surface area contributed by atoms with E-state index in [-0.39, 0.29) is 18.3 Å². The molecule has 7 nitrogen and oxygen atoms in total. The van der Waals surface area contributed by atoms with Crippen LogP contribution in [0, 0.1) is 13.8 Å². The molecule has 0 radical (unpaired) electrons. The summed E-state index contributed by atoms with van der Waals surface area (Å²) in [4.78, 5) is 12.6. The quantitative estimate of drug-likeness (QED) is 0.462. The molecule has 2 aromatic carbocycles. The monoisotopic (exact) mass is 417 g/mol. The molecule has 0 bridgehead atoms. The highest BCUT2D eigenvalue weighted by Gasteiger charge is 2.13. The molecule has 4 rings (SSSR count). The molecule has 1 amide bonds. The van der Waals surface area contributed by atoms with E-state index in [1.165, 1.54) is 0 Å². The van der Waals surface area contributed by atoms with Crippen LogP contribution in [-0.2, 0) is 6.61 Å². The fourth-order valence-electron chi connectivity index (χ4n) is 3.26. The molecule has 0 unspecified atom stereocenters. The number of benzene rings is 2. The minimum atomic E-state index is -0.339. The predicted molar refractivity (Wildman–Crippen MR) is 117 cm³/mol. The van der Waals surface area contributed by atoms with E-state index in [1.54, 1.807) is 19.2 Å². The topological polar surface area (TPSA) is 78.5 Å². The number of methoxy groups -OCH3 is 1. The highest BCUT2D eigenvalue weighted by atomic mass is 16.5. The van der Waals surface area contributed by atoms with Gasteiger partial charge >= 0.3 is 0 Å². The van der Waals surface area contributed by atoms with Crippen LogP contribution in [0.4, 0.5) is 5.69 Å². The molecular weight excluding hydrogens is 394 g/mol. The summed E-state index contributed by atoms with van der Waals surface area (Å²) in [6, 6.07) is 20.2. The molecule has 0 fully saturated rings. The van der Waals surface area contributed by atoms with Crippen LogP contribution in [0.2, 0.25) is 0 Å². The first-order valence-corrected chi connectivity index (χ1v) is 9.83. The van der Waals surface area contributed by atoms with Gasteiger partial charge in [0.15, 0.2) is 17.3 Å². The van der Waals surface area contributed by atoms with Gasteiger partial charge in [0.25, 0.3) is 5.91 Å². The van der Waals surface area contributed by atoms with Gasteiger partial charge in [0, 0.05) is 11.4 Å². The second-order valence-electron chi connectivity index (χ2n) is 7.05. The molecule has 2 heterocycles. The Hall–Kier alpha value is -4.00. The number of aryl methyl sites for hydroxylation is 2. The lowest BCUT2D eigenvalue weighted by atomic mass is 10.2. The number of hydrogen-bond acceptors (Lipinski definition) is 5. The number of rotatable bonds is 7. The molecule has 0 aliphatic heterocycles. The van der Waals surface area contributed by atoms with Crippen molar-refractivity contribution in [3.63, 3.8) is 0 Å². The summed E-state index contributed by atoms with van der Waals surface area (Å²) in [5.41, 5.74) is 3.48. The van der Waals surface area contributed by atoms with Crippen molar-refractivity contribution in [1.82, 2.24) is 9.78 Å². The second kappa shape index (κ2) is 8.79. The van der Waals surface area contributed by atoms with Gasteiger partial charge in [-0.2, -0.15) is 5.10 Å². The summed E-state index contributed by atoms with van der Waals surface area (Å²) in [5, 5.41) is 7.35. The highest BCUT2D eigenvalue weighted by molar-refractivity contribution is 6.02. The van der Waals surface area contributed by atoms with E-state index < -0.39 is 0 Å². The van der Waals surface area contributed by atoms with Gasteiger partial charge < -0.3 is 19.2 Å². The van der Waals surface area contributed by atoms with Crippen molar-refractivity contribution in [2.75, 3.05) is 12.4 Å². The van der Waals surface area contributed by atoms with E-state index in [0.29, 0.717) is 22.9 Å². The standard InChI is InChI=1S/C24H23N3O4/c1-16-13-17(2)27(26-16)19-8-6-7-18(14-19)25-24(28)23-12-11-20(31-23)15-30-22-10-5-4-9-21(22)29-3/h4-14H,15H2,1-3H3,(H,25,28). The predicted octanol–water partition coefficient (Wildman–Crippen LogP) is 4.92. The fraction of sp³-hybridized carbons (Fsp3) is 0.167. The van der Waals surface area contributed by atoms with Crippen LogP contribution in [0.5, 0.6) is 11.5 Å². The van der Waals surface area contributed by atoms with E-state index in [0.717, 1.165) is 17.1 Å². The summed E-state index contributed by atoms with van der Waals surface area (Å²) in [7, 11) is 1.58. The SMILES string of the molecule is COc1ccccc1OCc1ccc(C(=O)Nc2cccc(-n3nc(C)cc3C)c2)o1. The van der Waals surface area contributed by atoms with E-state index >= 15 is 0 Å². The Morgan fingerprint density at radius 2 is 1.84 bits per heavy atom. The van der Waals surface area contributed by atoms with Gasteiger partial charge in [-0.25, -0.2) is 4.68 Å². The van der Waals surface area contributed by atoms with E-state index in [9.17, 15) is 4.79 Å². The van der Waals surface area contributed by atoms with Crippen molar-refractivity contribution in [2.45, 2.75) is 20.5 Å². The Morgan fingerprint density at radius 3 is 2.58 bits per heavy atom. The number of carbonyl (C=O) groups excluding carboxylic acids is 1. The number of amides is 1. The smallest absolute Gasteiger partial charge is 0.291 e. The number of nitrogens with zero attached hydrogens (tertiary/aromatic N) is 2. The third kappa shape index (κ3) is 4.61. The third-order valence-electron chi connectivity index (χ3n) is 4.68. The van der Waals surface area contributed by atoms with E-state index in [2.05, 4.69) is 10.4 Å². The largest absolute Gasteiger partial charge is 0.493 e. The average molecular weight is 417 g/mol. The summed E-state index contributed by atoms with van der Waals surface area (Å²) in [6.07, 6.45) is 0. The molecule has 4 aromatic rings. The summed E-state index contributed by atoms with van der Waals surface area (Å²) < 4.78 is 18.5. The van der Waals surface area contributed by atoms with Crippen LogP contribution >= 0.6 is 0 Å². The number of furan rings is 1. The van der Waals surface area contributed by atoms with Crippen LogP contribution in [0.3, 0.4) is 0 Å². The second-order valence-corrected chi connectivity index (χ2v) is 7.05. The Kier molecular flexibility index (Phi) is 5.75. The number of para-hydroxylation sites is 2. The average Bonchev–Trinajstić information content (AvgIpc) is 3.38. The maximum atomic E-state index is 12.6. The first kappa shape index (κ1) is 20.3. The number of ether oxygens (including phenoxy) is 2. The van der Waals surface area contributed by atoms with Gasteiger partial charge in [0.05, 0.1) is 18.5 Å². The lowest BCUT2D eigenvalue weighted by Crippen LogP contribution is -2.11. The molecule has 0 saturated heterocycles. The van der Waals surface area contributed by atoms with Crippen LogP contribution < -0.4 is 14.8 Å². The van der Waals surface area contributed by atoms with Crippen molar-refractivity contribution in [3.8, 4) is 17.2 Å². The van der Waals surface area contributed by atoms with Crippen molar-refractivity contribution in [1.29, 1.82) is 0 Å². The summed E-state index contributed by atoms with van der Waals surface area (Å²) >= 11 is 0. The molecule has 0 aliphatic rings. The lowest BCUT2D eigenvalue weighted by Gasteiger charge is -2.09. The third-order valence-corrected chi connectivity index (χ3v) is 4.68. The minimum Gasteiger partial charge on any atom is -0.493 e. The lowest BCUT2D eigenvalue weighted by molar-refractivity contribution is 0.0992. The van der Waals surface area contributed by atoms with Gasteiger partial charge in [0.1, 0.15) is 12.4 Å². The molecule has 1 N–H and O–H groups in total. The maximum Gasteiger partial charge on any atom is 0.291 e. The van der Waals surface area contributed by atoms with Gasteiger partial charge in [0.2, 0.25) is 0 Å². The summed E-state index contributed by atoms with van der Waals surface area (Å²) in [6.45, 7) is 4.12. The van der Waals surface area contributed by atoms with Crippen molar-refractivity contribution in [2.24, 2.45) is 0 Å². The van der Waals surface area contributed by atoms with E-state index in [4.69, 9.17) is 13.9 Å². The molecule has 0 atom stereocenters. The number of nitrogens with one attached hydrogen (secondary N) is 1. The van der Waals surface area contributed by atoms with Gasteiger partial charge in [-0.1, -0.05) is 18.2 Å². The Morgan fingerprint density at radius 1 is 1.03 bits per heavy atom. The summed E-state index contributed by atoms with van der Waals surface area (Å²) in [5.74, 6) is 1.64. The van der Waals surface area contributed by atoms with Crippen molar-refractivity contribution >= 4 is 11.6 Å². The van der Waals surface area contributed by atoms with Gasteiger partial charge in [-0.3, -0.25) is 4.79 Å². The Balaban J connectivity index is 1.42. The number of hydrogen-bond donors (Lipinski definition) is 1. The molecule has 0 saturated carbocycles. The molecule has 0 aliphatic carbocycles. The number of carbonyl (C=O) groups is 1. The highest BCUT2D eigenvalue weighted by Crippen LogP contribution is 2.27. The van der Waals surface area contributed by atoms with Crippen LogP contribution in [0.1, 0.15) is 27.7 Å². The first-order chi connectivity index (χ1) is 15.0. The van der Waals surface area contributed by atoms with Crippen molar-refractivity contribution < 1.29 is 18.7 Å². The zero-order valence-electron chi connectivity index (χ0n) is 17.6. The minimum absolute atomic E-state index is 0.182. The zero-order chi connectivity index (χ0) is 21.8. The fourth-order valence-corrected chi connectivity index (χ4v) is 3.26. The zero-order valence-corrected chi connectivity index (χ0v) is 17.6.